The molecule has 3 nitrogen and oxygen atoms in total. The van der Waals surface area contributed by atoms with Gasteiger partial charge in [-0.3, -0.25) is 4.90 Å². The Morgan fingerprint density at radius 3 is 3.07 bits per heavy atom. The van der Waals surface area contributed by atoms with Crippen LogP contribution < -0.4 is 5.73 Å². The Morgan fingerprint density at radius 2 is 2.40 bits per heavy atom. The summed E-state index contributed by atoms with van der Waals surface area (Å²) >= 11 is 5.74. The van der Waals surface area contributed by atoms with Crippen LogP contribution in [0.25, 0.3) is 0 Å². The summed E-state index contributed by atoms with van der Waals surface area (Å²) < 4.78 is 0. The van der Waals surface area contributed by atoms with E-state index in [9.17, 15) is 0 Å². The van der Waals surface area contributed by atoms with Gasteiger partial charge >= 0.3 is 0 Å². The number of hydrogen-bond donors (Lipinski definition) is 1. The van der Waals surface area contributed by atoms with Gasteiger partial charge in [0, 0.05) is 25.3 Å². The molecule has 1 aromatic rings. The third-order valence-electron chi connectivity index (χ3n) is 2.95. The lowest BCUT2D eigenvalue weighted by atomic mass is 10.2. The minimum atomic E-state index is 0.542. The largest absolute Gasteiger partial charge is 0.329 e. The highest BCUT2D eigenvalue weighted by molar-refractivity contribution is 6.29. The van der Waals surface area contributed by atoms with Crippen molar-refractivity contribution in [3.8, 4) is 0 Å². The van der Waals surface area contributed by atoms with Crippen LogP contribution in [0.3, 0.4) is 0 Å². The van der Waals surface area contributed by atoms with Gasteiger partial charge in [0.1, 0.15) is 5.15 Å². The van der Waals surface area contributed by atoms with Crippen LogP contribution >= 0.6 is 11.6 Å². The molecule has 0 bridgehead atoms. The Bertz CT molecular complexity index is 312. The SMILES string of the molecule is NCC1CCCN1Cc1ccc(Cl)nc1. The van der Waals surface area contributed by atoms with Crippen molar-refractivity contribution in [3.63, 3.8) is 0 Å². The number of rotatable bonds is 3. The van der Waals surface area contributed by atoms with Crippen molar-refractivity contribution in [3.05, 3.63) is 29.0 Å². The molecule has 2 N–H and O–H groups in total. The van der Waals surface area contributed by atoms with Crippen molar-refractivity contribution in [2.24, 2.45) is 5.73 Å². The van der Waals surface area contributed by atoms with Crippen molar-refractivity contribution in [1.82, 2.24) is 9.88 Å². The first-order valence-electron chi connectivity index (χ1n) is 5.34. The van der Waals surface area contributed by atoms with Gasteiger partial charge in [-0.1, -0.05) is 17.7 Å². The van der Waals surface area contributed by atoms with Crippen molar-refractivity contribution in [1.29, 1.82) is 0 Å². The minimum Gasteiger partial charge on any atom is -0.329 e. The summed E-state index contributed by atoms with van der Waals surface area (Å²) in [7, 11) is 0. The standard InChI is InChI=1S/C11H16ClN3/c12-11-4-3-9(7-14-11)8-15-5-1-2-10(15)6-13/h3-4,7,10H,1-2,5-6,8,13H2. The zero-order chi connectivity index (χ0) is 10.7. The van der Waals surface area contributed by atoms with Crippen molar-refractivity contribution < 1.29 is 0 Å². The maximum Gasteiger partial charge on any atom is 0.129 e. The summed E-state index contributed by atoms with van der Waals surface area (Å²) in [5.74, 6) is 0. The number of aromatic nitrogens is 1. The fourth-order valence-electron chi connectivity index (χ4n) is 2.10. The Labute approximate surface area is 95.2 Å². The van der Waals surface area contributed by atoms with Crippen LogP contribution in [0.1, 0.15) is 18.4 Å². The molecular weight excluding hydrogens is 210 g/mol. The van der Waals surface area contributed by atoms with Crippen LogP contribution in [-0.2, 0) is 6.54 Å². The Balaban J connectivity index is 1.99. The summed E-state index contributed by atoms with van der Waals surface area (Å²) in [6.07, 6.45) is 4.31. The molecular formula is C11H16ClN3. The lowest BCUT2D eigenvalue weighted by molar-refractivity contribution is 0.250. The maximum atomic E-state index is 5.74. The molecule has 0 aromatic carbocycles. The van der Waals surface area contributed by atoms with Gasteiger partial charge in [-0.2, -0.15) is 0 Å². The second-order valence-electron chi connectivity index (χ2n) is 3.99. The third-order valence-corrected chi connectivity index (χ3v) is 3.17. The zero-order valence-electron chi connectivity index (χ0n) is 8.69. The summed E-state index contributed by atoms with van der Waals surface area (Å²) in [6.45, 7) is 2.83. The Hall–Kier alpha value is -0.640. The van der Waals surface area contributed by atoms with E-state index in [1.165, 1.54) is 18.4 Å². The maximum absolute atomic E-state index is 5.74. The van der Waals surface area contributed by atoms with E-state index in [1.54, 1.807) is 0 Å². The van der Waals surface area contributed by atoms with E-state index in [2.05, 4.69) is 9.88 Å². The fraction of sp³-hybridized carbons (Fsp3) is 0.545. The second-order valence-corrected chi connectivity index (χ2v) is 4.38. The average Bonchev–Trinajstić information content (AvgIpc) is 2.69. The molecule has 0 saturated carbocycles. The monoisotopic (exact) mass is 225 g/mol. The highest BCUT2D eigenvalue weighted by Crippen LogP contribution is 2.19. The Morgan fingerprint density at radius 1 is 1.53 bits per heavy atom. The molecule has 1 aliphatic heterocycles. The predicted octanol–water partition coefficient (Wildman–Crippen LogP) is 1.66. The number of halogens is 1. The van der Waals surface area contributed by atoms with Crippen LogP contribution in [0, 0.1) is 0 Å². The molecule has 1 aromatic heterocycles. The van der Waals surface area contributed by atoms with Gasteiger partial charge in [0.15, 0.2) is 0 Å². The van der Waals surface area contributed by atoms with Crippen molar-refractivity contribution in [2.45, 2.75) is 25.4 Å². The predicted molar refractivity (Wildman–Crippen MR) is 61.7 cm³/mol. The highest BCUT2D eigenvalue weighted by Gasteiger charge is 2.22. The first-order valence-corrected chi connectivity index (χ1v) is 5.72. The molecule has 0 amide bonds. The zero-order valence-corrected chi connectivity index (χ0v) is 9.45. The molecule has 1 atom stereocenters. The van der Waals surface area contributed by atoms with Gasteiger partial charge in [-0.25, -0.2) is 4.98 Å². The molecule has 1 saturated heterocycles. The lowest BCUT2D eigenvalue weighted by Gasteiger charge is -2.22. The third kappa shape index (κ3) is 2.68. The van der Waals surface area contributed by atoms with Crippen LogP contribution in [0.2, 0.25) is 5.15 Å². The van der Waals surface area contributed by atoms with E-state index >= 15 is 0 Å². The molecule has 0 radical (unpaired) electrons. The van der Waals surface area contributed by atoms with E-state index in [0.717, 1.165) is 19.6 Å². The van der Waals surface area contributed by atoms with Gasteiger partial charge < -0.3 is 5.73 Å². The number of hydrogen-bond acceptors (Lipinski definition) is 3. The summed E-state index contributed by atoms with van der Waals surface area (Å²) in [5, 5.41) is 0.551. The molecule has 82 valence electrons. The fourth-order valence-corrected chi connectivity index (χ4v) is 2.22. The van der Waals surface area contributed by atoms with E-state index in [4.69, 9.17) is 17.3 Å². The van der Waals surface area contributed by atoms with Crippen LogP contribution in [0.15, 0.2) is 18.3 Å². The van der Waals surface area contributed by atoms with Crippen LogP contribution in [-0.4, -0.2) is 29.0 Å². The van der Waals surface area contributed by atoms with E-state index < -0.39 is 0 Å². The molecule has 0 aliphatic carbocycles. The van der Waals surface area contributed by atoms with E-state index in [1.807, 2.05) is 18.3 Å². The van der Waals surface area contributed by atoms with E-state index in [-0.39, 0.29) is 0 Å². The summed E-state index contributed by atoms with van der Waals surface area (Å²) in [6, 6.07) is 4.41. The van der Waals surface area contributed by atoms with E-state index in [0.29, 0.717) is 11.2 Å². The molecule has 4 heteroatoms. The van der Waals surface area contributed by atoms with Gasteiger partial charge in [-0.15, -0.1) is 0 Å². The van der Waals surface area contributed by atoms with Gasteiger partial charge in [-0.05, 0) is 31.0 Å². The molecule has 1 fully saturated rings. The molecule has 2 rings (SSSR count). The molecule has 1 aliphatic rings. The van der Waals surface area contributed by atoms with Gasteiger partial charge in [0.2, 0.25) is 0 Å². The quantitative estimate of drug-likeness (QED) is 0.796. The molecule has 2 heterocycles. The Kier molecular flexibility index (Phi) is 3.57. The van der Waals surface area contributed by atoms with Gasteiger partial charge in [0.25, 0.3) is 0 Å². The van der Waals surface area contributed by atoms with Gasteiger partial charge in [0.05, 0.1) is 0 Å². The highest BCUT2D eigenvalue weighted by atomic mass is 35.5. The normalized spacial score (nSPS) is 22.1. The van der Waals surface area contributed by atoms with Crippen molar-refractivity contribution in [2.75, 3.05) is 13.1 Å². The summed E-state index contributed by atoms with van der Waals surface area (Å²) in [5.41, 5.74) is 6.93. The van der Waals surface area contributed by atoms with Crippen molar-refractivity contribution >= 4 is 11.6 Å². The number of likely N-dealkylation sites (tertiary alicyclic amines) is 1. The first kappa shape index (κ1) is 10.9. The topological polar surface area (TPSA) is 42.1 Å². The number of nitrogens with two attached hydrogens (primary N) is 1. The summed E-state index contributed by atoms with van der Waals surface area (Å²) in [4.78, 5) is 6.50. The minimum absolute atomic E-state index is 0.542. The lowest BCUT2D eigenvalue weighted by Crippen LogP contribution is -2.34. The van der Waals surface area contributed by atoms with Crippen LogP contribution in [0.5, 0.6) is 0 Å². The molecule has 1 unspecified atom stereocenters. The average molecular weight is 226 g/mol. The second kappa shape index (κ2) is 4.92. The number of nitrogens with zero attached hydrogens (tertiary/aromatic N) is 2. The first-order chi connectivity index (χ1) is 7.29. The smallest absolute Gasteiger partial charge is 0.129 e. The number of pyridine rings is 1. The molecule has 0 spiro atoms. The van der Waals surface area contributed by atoms with Crippen LogP contribution in [0.4, 0.5) is 0 Å². The molecule has 15 heavy (non-hydrogen) atoms.